The van der Waals surface area contributed by atoms with Gasteiger partial charge in [0.2, 0.25) is 0 Å². The minimum absolute atomic E-state index is 0.147. The topological polar surface area (TPSA) is 84.9 Å². The number of hydrogen-bond donors (Lipinski definition) is 1. The van der Waals surface area contributed by atoms with Crippen LogP contribution in [0.15, 0.2) is 95.9 Å². The summed E-state index contributed by atoms with van der Waals surface area (Å²) in [5, 5.41) is 5.04. The number of carbonyl (C=O) groups is 1. The van der Waals surface area contributed by atoms with Crippen molar-refractivity contribution >= 4 is 32.4 Å². The Morgan fingerprint density at radius 1 is 0.857 bits per heavy atom. The van der Waals surface area contributed by atoms with Crippen LogP contribution >= 0.6 is 0 Å². The van der Waals surface area contributed by atoms with Crippen LogP contribution in [0.1, 0.15) is 10.4 Å². The molecule has 35 heavy (non-hydrogen) atoms. The molecule has 0 aliphatic heterocycles. The molecule has 4 rings (SSSR count). The van der Waals surface area contributed by atoms with Crippen LogP contribution in [0.25, 0.3) is 10.8 Å². The second-order valence-electron chi connectivity index (χ2n) is 7.81. The van der Waals surface area contributed by atoms with E-state index in [1.54, 1.807) is 36.4 Å². The number of benzene rings is 4. The minimum atomic E-state index is -3.75. The Bertz CT molecular complexity index is 1420. The molecule has 4 aromatic carbocycles. The predicted molar refractivity (Wildman–Crippen MR) is 137 cm³/mol. The third kappa shape index (κ3) is 5.55. The maximum absolute atomic E-state index is 12.9. The van der Waals surface area contributed by atoms with E-state index in [4.69, 9.17) is 9.47 Å². The van der Waals surface area contributed by atoms with Gasteiger partial charge in [-0.3, -0.25) is 9.10 Å². The molecular formula is C27H26N2O5S. The fourth-order valence-electron chi connectivity index (χ4n) is 3.56. The van der Waals surface area contributed by atoms with E-state index in [1.807, 2.05) is 42.5 Å². The summed E-state index contributed by atoms with van der Waals surface area (Å²) in [5.41, 5.74) is 0.867. The zero-order valence-corrected chi connectivity index (χ0v) is 20.3. The fourth-order valence-corrected chi connectivity index (χ4v) is 4.76. The molecule has 0 aliphatic carbocycles. The van der Waals surface area contributed by atoms with Crippen molar-refractivity contribution in [2.75, 3.05) is 31.6 Å². The Labute approximate surface area is 205 Å². The Balaban J connectivity index is 1.32. The lowest BCUT2D eigenvalue weighted by Gasteiger charge is -2.20. The van der Waals surface area contributed by atoms with Crippen LogP contribution in [0, 0.1) is 0 Å². The molecule has 8 heteroatoms. The average molecular weight is 491 g/mol. The molecule has 1 amide bonds. The highest BCUT2D eigenvalue weighted by molar-refractivity contribution is 7.92. The van der Waals surface area contributed by atoms with Crippen LogP contribution in [0.5, 0.6) is 11.5 Å². The Morgan fingerprint density at radius 2 is 1.51 bits per heavy atom. The molecule has 0 bridgehead atoms. The van der Waals surface area contributed by atoms with E-state index in [0.717, 1.165) is 16.5 Å². The minimum Gasteiger partial charge on any atom is -0.497 e. The number of anilines is 1. The molecule has 0 atom stereocenters. The Morgan fingerprint density at radius 3 is 2.20 bits per heavy atom. The number of fused-ring (bicyclic) bond motifs is 1. The molecule has 0 aromatic heterocycles. The summed E-state index contributed by atoms with van der Waals surface area (Å²) in [6.07, 6.45) is 0. The first-order valence-electron chi connectivity index (χ1n) is 11.0. The summed E-state index contributed by atoms with van der Waals surface area (Å²) in [6.45, 7) is 0.657. The normalized spacial score (nSPS) is 11.1. The quantitative estimate of drug-likeness (QED) is 0.350. The number of nitrogens with zero attached hydrogens (tertiary/aromatic N) is 1. The first-order chi connectivity index (χ1) is 16.9. The molecule has 0 radical (unpaired) electrons. The zero-order chi connectivity index (χ0) is 24.8. The molecule has 0 fully saturated rings. The first kappa shape index (κ1) is 24.1. The van der Waals surface area contributed by atoms with Gasteiger partial charge >= 0.3 is 0 Å². The standard InChI is InChI=1S/C27H26N2O5S/c1-29(35(31,32)26-15-13-24(33-2)14-16-26)23-10-7-21(8-11-23)27(30)28-17-18-34-25-12-9-20-5-3-4-6-22(20)19-25/h3-16,19H,17-18H2,1-2H3,(H,28,30). The van der Waals surface area contributed by atoms with Gasteiger partial charge in [0.25, 0.3) is 15.9 Å². The number of amides is 1. The molecule has 4 aromatic rings. The monoisotopic (exact) mass is 490 g/mol. The lowest BCUT2D eigenvalue weighted by Crippen LogP contribution is -2.28. The lowest BCUT2D eigenvalue weighted by molar-refractivity contribution is 0.0947. The molecule has 0 unspecified atom stereocenters. The Kier molecular flexibility index (Phi) is 7.22. The summed E-state index contributed by atoms with van der Waals surface area (Å²) in [7, 11) is -0.757. The van der Waals surface area contributed by atoms with Gasteiger partial charge in [-0.25, -0.2) is 8.42 Å². The van der Waals surface area contributed by atoms with Gasteiger partial charge in [-0.2, -0.15) is 0 Å². The van der Waals surface area contributed by atoms with Gasteiger partial charge in [0.1, 0.15) is 18.1 Å². The molecule has 0 aliphatic rings. The van der Waals surface area contributed by atoms with Crippen LogP contribution < -0.4 is 19.1 Å². The maximum atomic E-state index is 12.9. The van der Waals surface area contributed by atoms with Crippen molar-refractivity contribution in [3.05, 3.63) is 96.6 Å². The largest absolute Gasteiger partial charge is 0.497 e. The van der Waals surface area contributed by atoms with Crippen molar-refractivity contribution in [1.82, 2.24) is 5.32 Å². The summed E-state index contributed by atoms with van der Waals surface area (Å²) < 4.78 is 37.8. The lowest BCUT2D eigenvalue weighted by atomic mass is 10.1. The number of methoxy groups -OCH3 is 1. The van der Waals surface area contributed by atoms with Crippen molar-refractivity contribution in [2.45, 2.75) is 4.90 Å². The van der Waals surface area contributed by atoms with Gasteiger partial charge in [-0.05, 0) is 71.4 Å². The van der Waals surface area contributed by atoms with Crippen molar-refractivity contribution < 1.29 is 22.7 Å². The molecule has 180 valence electrons. The van der Waals surface area contributed by atoms with Gasteiger partial charge in [-0.1, -0.05) is 30.3 Å². The molecule has 0 saturated carbocycles. The number of rotatable bonds is 9. The third-order valence-electron chi connectivity index (χ3n) is 5.59. The van der Waals surface area contributed by atoms with Gasteiger partial charge in [0, 0.05) is 12.6 Å². The summed E-state index contributed by atoms with van der Waals surface area (Å²) in [4.78, 5) is 12.6. The van der Waals surface area contributed by atoms with Crippen molar-refractivity contribution in [1.29, 1.82) is 0 Å². The molecule has 7 nitrogen and oxygen atoms in total. The molecular weight excluding hydrogens is 464 g/mol. The van der Waals surface area contributed by atoms with Gasteiger partial charge in [0.05, 0.1) is 24.2 Å². The molecule has 0 spiro atoms. The molecule has 0 saturated heterocycles. The number of nitrogens with one attached hydrogen (secondary N) is 1. The number of hydrogen-bond acceptors (Lipinski definition) is 5. The van der Waals surface area contributed by atoms with Crippen LogP contribution in [-0.4, -0.2) is 41.6 Å². The molecule has 0 heterocycles. The highest BCUT2D eigenvalue weighted by atomic mass is 32.2. The SMILES string of the molecule is COc1ccc(S(=O)(=O)N(C)c2ccc(C(=O)NCCOc3ccc4ccccc4c3)cc2)cc1. The summed E-state index contributed by atoms with van der Waals surface area (Å²) in [6, 6.07) is 26.4. The third-order valence-corrected chi connectivity index (χ3v) is 7.39. The van der Waals surface area contributed by atoms with E-state index in [9.17, 15) is 13.2 Å². The highest BCUT2D eigenvalue weighted by Gasteiger charge is 2.21. The number of sulfonamides is 1. The smallest absolute Gasteiger partial charge is 0.264 e. The van der Waals surface area contributed by atoms with Gasteiger partial charge in [0.15, 0.2) is 0 Å². The van der Waals surface area contributed by atoms with E-state index in [1.165, 1.54) is 30.6 Å². The number of carbonyl (C=O) groups excluding carboxylic acids is 1. The van der Waals surface area contributed by atoms with Crippen LogP contribution in [0.3, 0.4) is 0 Å². The average Bonchev–Trinajstić information content (AvgIpc) is 2.90. The van der Waals surface area contributed by atoms with E-state index >= 15 is 0 Å². The maximum Gasteiger partial charge on any atom is 0.264 e. The zero-order valence-electron chi connectivity index (χ0n) is 19.5. The van der Waals surface area contributed by atoms with Crippen LogP contribution in [-0.2, 0) is 10.0 Å². The second-order valence-corrected chi connectivity index (χ2v) is 9.78. The first-order valence-corrected chi connectivity index (χ1v) is 12.5. The predicted octanol–water partition coefficient (Wildman–Crippen LogP) is 4.48. The second kappa shape index (κ2) is 10.5. The van der Waals surface area contributed by atoms with E-state index in [2.05, 4.69) is 5.32 Å². The fraction of sp³-hybridized carbons (Fsp3) is 0.148. The van der Waals surface area contributed by atoms with Gasteiger partial charge in [-0.15, -0.1) is 0 Å². The van der Waals surface area contributed by atoms with Crippen molar-refractivity contribution in [2.24, 2.45) is 0 Å². The van der Waals surface area contributed by atoms with Crippen molar-refractivity contribution in [3.8, 4) is 11.5 Å². The van der Waals surface area contributed by atoms with E-state index in [0.29, 0.717) is 30.2 Å². The van der Waals surface area contributed by atoms with Gasteiger partial charge < -0.3 is 14.8 Å². The van der Waals surface area contributed by atoms with Crippen molar-refractivity contribution in [3.63, 3.8) is 0 Å². The van der Waals surface area contributed by atoms with Crippen LogP contribution in [0.2, 0.25) is 0 Å². The van der Waals surface area contributed by atoms with E-state index < -0.39 is 10.0 Å². The summed E-state index contributed by atoms with van der Waals surface area (Å²) in [5.74, 6) is 1.05. The van der Waals surface area contributed by atoms with E-state index in [-0.39, 0.29) is 10.8 Å². The highest BCUT2D eigenvalue weighted by Crippen LogP contribution is 2.24. The summed E-state index contributed by atoms with van der Waals surface area (Å²) >= 11 is 0. The Hall–Kier alpha value is -4.04. The molecule has 1 N–H and O–H groups in total. The number of ether oxygens (including phenoxy) is 2. The van der Waals surface area contributed by atoms with Crippen LogP contribution in [0.4, 0.5) is 5.69 Å².